The molecule has 0 aromatic rings. The summed E-state index contributed by atoms with van der Waals surface area (Å²) >= 11 is 0. The Kier molecular flexibility index (Phi) is 7.26. The molecule has 0 heterocycles. The fraction of sp³-hybridized carbons (Fsp3) is 0.923. The molecule has 6 aliphatic carbocycles. The summed E-state index contributed by atoms with van der Waals surface area (Å²) in [6.45, 7) is -0.407. The summed E-state index contributed by atoms with van der Waals surface area (Å²) in [6, 6.07) is 0. The van der Waals surface area contributed by atoms with Crippen molar-refractivity contribution in [3.8, 4) is 0 Å². The monoisotopic (exact) mass is 548 g/mol. The van der Waals surface area contributed by atoms with Gasteiger partial charge in [0, 0.05) is 5.41 Å². The van der Waals surface area contributed by atoms with E-state index in [1.807, 2.05) is 0 Å². The second-order valence-corrected chi connectivity index (χ2v) is 14.1. The number of rotatable bonds is 7. The Bertz CT molecular complexity index is 971. The Morgan fingerprint density at radius 2 is 1.49 bits per heavy atom. The van der Waals surface area contributed by atoms with Gasteiger partial charge in [0.05, 0.1) is 6.61 Å². The highest BCUT2D eigenvalue weighted by atomic mass is 32.2. The molecule has 11 heteroatoms. The normalized spacial score (nSPS) is 38.2. The van der Waals surface area contributed by atoms with Crippen molar-refractivity contribution >= 4 is 22.2 Å². The number of halogens is 2. The zero-order valence-corrected chi connectivity index (χ0v) is 22.0. The molecule has 2 unspecified atom stereocenters. The minimum absolute atomic E-state index is 0.154. The van der Waals surface area contributed by atoms with Gasteiger partial charge in [-0.25, -0.2) is 9.59 Å². The number of carbonyl (C=O) groups is 2. The fourth-order valence-electron chi connectivity index (χ4n) is 8.68. The van der Waals surface area contributed by atoms with E-state index in [1.165, 1.54) is 32.1 Å². The molecule has 8 nitrogen and oxygen atoms in total. The van der Waals surface area contributed by atoms with Gasteiger partial charge in [0.25, 0.3) is 0 Å². The molecule has 37 heavy (non-hydrogen) atoms. The van der Waals surface area contributed by atoms with Crippen molar-refractivity contribution < 1.29 is 45.6 Å². The van der Waals surface area contributed by atoms with Crippen LogP contribution in [0.3, 0.4) is 0 Å². The third-order valence-electron chi connectivity index (χ3n) is 9.80. The van der Waals surface area contributed by atoms with Crippen molar-refractivity contribution in [1.29, 1.82) is 0 Å². The fourth-order valence-corrected chi connectivity index (χ4v) is 8.95. The van der Waals surface area contributed by atoms with Gasteiger partial charge in [-0.3, -0.25) is 4.55 Å². The van der Waals surface area contributed by atoms with Gasteiger partial charge in [-0.15, -0.1) is 0 Å². The molecule has 1 N–H and O–H groups in total. The molecule has 0 aromatic heterocycles. The second-order valence-electron chi connectivity index (χ2n) is 12.6. The summed E-state index contributed by atoms with van der Waals surface area (Å²) in [6.07, 6.45) is 13.4. The highest BCUT2D eigenvalue weighted by molar-refractivity contribution is 7.87. The Labute approximate surface area is 216 Å². The maximum atomic E-state index is 13.7. The van der Waals surface area contributed by atoms with E-state index in [2.05, 4.69) is 0 Å². The summed E-state index contributed by atoms with van der Waals surface area (Å²) in [5, 5.41) is -5.02. The summed E-state index contributed by atoms with van der Waals surface area (Å²) in [4.78, 5) is 24.7. The zero-order valence-electron chi connectivity index (χ0n) is 21.2. The van der Waals surface area contributed by atoms with E-state index in [0.29, 0.717) is 32.1 Å². The quantitative estimate of drug-likeness (QED) is 0.321. The minimum atomic E-state index is -5.93. The van der Waals surface area contributed by atoms with Crippen LogP contribution in [0.5, 0.6) is 0 Å². The van der Waals surface area contributed by atoms with Crippen molar-refractivity contribution in [2.75, 3.05) is 6.61 Å². The first-order chi connectivity index (χ1) is 17.4. The smallest absolute Gasteiger partial charge is 0.460 e. The number of alkyl halides is 2. The van der Waals surface area contributed by atoms with Gasteiger partial charge >= 0.3 is 27.5 Å². The molecule has 0 aromatic carbocycles. The van der Waals surface area contributed by atoms with E-state index in [0.717, 1.165) is 43.9 Å². The van der Waals surface area contributed by atoms with Crippen molar-refractivity contribution in [2.45, 2.75) is 113 Å². The standard InChI is InChI=1S/C26H38F2O8S/c27-26(28,37(31,32)33)22(29)34-16-24-11-17-10-18(12-24)14-25(13-17,15-24)36-23(30)35-21-8-6-20(7-9-21)19-4-2-1-3-5-19/h17-21H,1-16H2,(H,31,32,33). The molecule has 0 radical (unpaired) electrons. The highest BCUT2D eigenvalue weighted by Crippen LogP contribution is 2.63. The average molecular weight is 549 g/mol. The lowest BCUT2D eigenvalue weighted by atomic mass is 9.48. The Hall–Kier alpha value is -1.49. The Balaban J connectivity index is 1.16. The lowest BCUT2D eigenvalue weighted by molar-refractivity contribution is -0.200. The predicted molar refractivity (Wildman–Crippen MR) is 127 cm³/mol. The molecular formula is C26H38F2O8S. The average Bonchev–Trinajstić information content (AvgIpc) is 2.81. The first-order valence-corrected chi connectivity index (χ1v) is 15.2. The molecule has 0 amide bonds. The lowest BCUT2D eigenvalue weighted by Crippen LogP contribution is -2.59. The third-order valence-corrected chi connectivity index (χ3v) is 10.6. The number of hydrogen-bond acceptors (Lipinski definition) is 7. The molecular weight excluding hydrogens is 510 g/mol. The van der Waals surface area contributed by atoms with Crippen LogP contribution in [0.25, 0.3) is 0 Å². The van der Waals surface area contributed by atoms with E-state index in [-0.39, 0.29) is 17.9 Å². The first kappa shape index (κ1) is 27.1. The summed E-state index contributed by atoms with van der Waals surface area (Å²) < 4.78 is 74.3. The zero-order chi connectivity index (χ0) is 26.5. The van der Waals surface area contributed by atoms with Gasteiger partial charge in [-0.05, 0) is 87.9 Å². The van der Waals surface area contributed by atoms with Crippen LogP contribution in [-0.4, -0.2) is 48.7 Å². The maximum Gasteiger partial charge on any atom is 0.509 e. The maximum absolute atomic E-state index is 13.7. The molecule has 0 aliphatic heterocycles. The Morgan fingerprint density at radius 3 is 2.08 bits per heavy atom. The van der Waals surface area contributed by atoms with E-state index in [1.54, 1.807) is 0 Å². The molecule has 2 atom stereocenters. The second kappa shape index (κ2) is 9.92. The number of hydrogen-bond donors (Lipinski definition) is 1. The van der Waals surface area contributed by atoms with Crippen molar-refractivity contribution in [3.05, 3.63) is 0 Å². The van der Waals surface area contributed by atoms with Gasteiger partial charge in [0.2, 0.25) is 0 Å². The van der Waals surface area contributed by atoms with Crippen molar-refractivity contribution in [2.24, 2.45) is 29.1 Å². The van der Waals surface area contributed by atoms with Crippen molar-refractivity contribution in [1.82, 2.24) is 0 Å². The van der Waals surface area contributed by atoms with Crippen LogP contribution in [0.1, 0.15) is 96.3 Å². The molecule has 0 spiro atoms. The largest absolute Gasteiger partial charge is 0.509 e. The van der Waals surface area contributed by atoms with Crippen LogP contribution in [0, 0.1) is 29.1 Å². The third kappa shape index (κ3) is 5.63. The minimum Gasteiger partial charge on any atom is -0.460 e. The van der Waals surface area contributed by atoms with Gasteiger partial charge in [-0.1, -0.05) is 32.1 Å². The summed E-state index contributed by atoms with van der Waals surface area (Å²) in [5.74, 6) is -0.378. The van der Waals surface area contributed by atoms with Gasteiger partial charge in [0.15, 0.2) is 0 Å². The Morgan fingerprint density at radius 1 is 0.892 bits per heavy atom. The molecule has 0 saturated heterocycles. The van der Waals surface area contributed by atoms with E-state index < -0.39 is 45.1 Å². The molecule has 6 saturated carbocycles. The molecule has 210 valence electrons. The van der Waals surface area contributed by atoms with Gasteiger partial charge in [-0.2, -0.15) is 17.2 Å². The summed E-state index contributed by atoms with van der Waals surface area (Å²) in [5.41, 5.74) is -1.47. The SMILES string of the molecule is O=C(OC1CCC(C2CCCCC2)CC1)OC12CC3CC(CC(COC(=O)C(F)(F)S(=O)(=O)O)(C3)C1)C2. The van der Waals surface area contributed by atoms with Crippen LogP contribution in [0.2, 0.25) is 0 Å². The lowest BCUT2D eigenvalue weighted by Gasteiger charge is -2.60. The van der Waals surface area contributed by atoms with Crippen LogP contribution in [0.4, 0.5) is 13.6 Å². The highest BCUT2D eigenvalue weighted by Gasteiger charge is 2.61. The van der Waals surface area contributed by atoms with Crippen LogP contribution in [0.15, 0.2) is 0 Å². The van der Waals surface area contributed by atoms with Crippen molar-refractivity contribution in [3.63, 3.8) is 0 Å². The van der Waals surface area contributed by atoms with Crippen LogP contribution < -0.4 is 0 Å². The number of esters is 1. The van der Waals surface area contributed by atoms with Gasteiger partial charge in [0.1, 0.15) is 11.7 Å². The molecule has 6 fully saturated rings. The number of ether oxygens (including phenoxy) is 3. The van der Waals surface area contributed by atoms with E-state index in [4.69, 9.17) is 18.8 Å². The molecule has 4 bridgehead atoms. The van der Waals surface area contributed by atoms with Gasteiger partial charge < -0.3 is 14.2 Å². The topological polar surface area (TPSA) is 116 Å². The summed E-state index contributed by atoms with van der Waals surface area (Å²) in [7, 11) is -5.93. The number of carbonyl (C=O) groups excluding carboxylic acids is 2. The molecule has 6 rings (SSSR count). The van der Waals surface area contributed by atoms with Crippen LogP contribution in [-0.2, 0) is 29.1 Å². The molecule has 6 aliphatic rings. The van der Waals surface area contributed by atoms with Crippen LogP contribution >= 0.6 is 0 Å². The van der Waals surface area contributed by atoms with E-state index in [9.17, 15) is 26.8 Å². The van der Waals surface area contributed by atoms with E-state index >= 15 is 0 Å². The predicted octanol–water partition coefficient (Wildman–Crippen LogP) is 5.64. The first-order valence-electron chi connectivity index (χ1n) is 13.8.